The van der Waals surface area contributed by atoms with Crippen LogP contribution in [0.15, 0.2) is 18.2 Å². The largest absolute Gasteiger partial charge is 0.376 e. The zero-order valence-corrected chi connectivity index (χ0v) is 11.6. The van der Waals surface area contributed by atoms with Gasteiger partial charge in [-0.1, -0.05) is 6.07 Å². The van der Waals surface area contributed by atoms with Crippen molar-refractivity contribution in [1.29, 1.82) is 0 Å². The molecule has 0 radical (unpaired) electrons. The van der Waals surface area contributed by atoms with Crippen molar-refractivity contribution in [3.63, 3.8) is 0 Å². The standard InChI is InChI=1S/C14H20FN3O2/c1-18(9-10-5-2-3-8-20-10)14(19)11-6-4-7-12(15)13(11)17-16/h4,6-7,10,17H,2-3,5,8-9,16H2,1H3. The lowest BCUT2D eigenvalue weighted by atomic mass is 10.1. The van der Waals surface area contributed by atoms with Gasteiger partial charge in [-0.25, -0.2) is 4.39 Å². The average Bonchev–Trinajstić information content (AvgIpc) is 2.47. The molecule has 1 aromatic carbocycles. The fourth-order valence-corrected chi connectivity index (χ4v) is 2.39. The van der Waals surface area contributed by atoms with Gasteiger partial charge in [-0.05, 0) is 31.4 Å². The number of anilines is 1. The second-order valence-corrected chi connectivity index (χ2v) is 4.98. The maximum Gasteiger partial charge on any atom is 0.255 e. The normalized spacial score (nSPS) is 18.6. The Labute approximate surface area is 117 Å². The minimum Gasteiger partial charge on any atom is -0.376 e. The number of nitrogen functional groups attached to an aromatic ring is 1. The molecule has 0 saturated carbocycles. The minimum absolute atomic E-state index is 0.0221. The van der Waals surface area contributed by atoms with Gasteiger partial charge in [0.05, 0.1) is 17.4 Å². The number of ether oxygens (including phenoxy) is 1. The summed E-state index contributed by atoms with van der Waals surface area (Å²) in [6, 6.07) is 4.31. The first kappa shape index (κ1) is 14.7. The summed E-state index contributed by atoms with van der Waals surface area (Å²) < 4.78 is 19.2. The van der Waals surface area contributed by atoms with Gasteiger partial charge in [-0.15, -0.1) is 0 Å². The number of para-hydroxylation sites is 1. The first-order valence-corrected chi connectivity index (χ1v) is 6.75. The highest BCUT2D eigenvalue weighted by atomic mass is 19.1. The molecule has 20 heavy (non-hydrogen) atoms. The molecule has 110 valence electrons. The Kier molecular flexibility index (Phi) is 4.92. The molecule has 1 fully saturated rings. The Morgan fingerprint density at radius 1 is 1.55 bits per heavy atom. The molecule has 5 nitrogen and oxygen atoms in total. The zero-order valence-electron chi connectivity index (χ0n) is 11.6. The van der Waals surface area contributed by atoms with Crippen LogP contribution in [-0.2, 0) is 4.74 Å². The van der Waals surface area contributed by atoms with Gasteiger partial charge in [0.25, 0.3) is 5.91 Å². The summed E-state index contributed by atoms with van der Waals surface area (Å²) in [5.41, 5.74) is 2.50. The number of benzene rings is 1. The molecule has 0 bridgehead atoms. The summed E-state index contributed by atoms with van der Waals surface area (Å²) in [5, 5.41) is 0. The van der Waals surface area contributed by atoms with Crippen LogP contribution in [0.1, 0.15) is 29.6 Å². The van der Waals surface area contributed by atoms with Gasteiger partial charge in [-0.2, -0.15) is 0 Å². The molecule has 0 aliphatic carbocycles. The molecule has 1 saturated heterocycles. The topological polar surface area (TPSA) is 67.6 Å². The van der Waals surface area contributed by atoms with Crippen LogP contribution in [0.3, 0.4) is 0 Å². The maximum absolute atomic E-state index is 13.6. The third-order valence-corrected chi connectivity index (χ3v) is 3.49. The van der Waals surface area contributed by atoms with Crippen LogP contribution in [0, 0.1) is 5.82 Å². The fraction of sp³-hybridized carbons (Fsp3) is 0.500. The Hall–Kier alpha value is -1.66. The van der Waals surface area contributed by atoms with E-state index in [1.165, 1.54) is 12.1 Å². The fourth-order valence-electron chi connectivity index (χ4n) is 2.39. The van der Waals surface area contributed by atoms with E-state index in [0.29, 0.717) is 6.54 Å². The number of halogens is 1. The van der Waals surface area contributed by atoms with Crippen molar-refractivity contribution in [2.75, 3.05) is 25.6 Å². The van der Waals surface area contributed by atoms with E-state index in [1.54, 1.807) is 18.0 Å². The number of hydrogen-bond donors (Lipinski definition) is 2. The van der Waals surface area contributed by atoms with E-state index < -0.39 is 5.82 Å². The van der Waals surface area contributed by atoms with Gasteiger partial charge in [0.1, 0.15) is 5.82 Å². The molecule has 6 heteroatoms. The molecule has 0 aromatic heterocycles. The van der Waals surface area contributed by atoms with Crippen molar-refractivity contribution in [3.05, 3.63) is 29.6 Å². The molecule has 3 N–H and O–H groups in total. The quantitative estimate of drug-likeness (QED) is 0.652. The lowest BCUT2D eigenvalue weighted by Crippen LogP contribution is -2.37. The Morgan fingerprint density at radius 3 is 3.00 bits per heavy atom. The van der Waals surface area contributed by atoms with Crippen molar-refractivity contribution >= 4 is 11.6 Å². The molecular weight excluding hydrogens is 261 g/mol. The summed E-state index contributed by atoms with van der Waals surface area (Å²) in [6.45, 7) is 1.24. The molecule has 1 unspecified atom stereocenters. The lowest BCUT2D eigenvalue weighted by molar-refractivity contribution is -0.000176. The number of nitrogens with two attached hydrogens (primary N) is 1. The van der Waals surface area contributed by atoms with E-state index in [4.69, 9.17) is 10.6 Å². The molecule has 1 aromatic rings. The smallest absolute Gasteiger partial charge is 0.255 e. The third kappa shape index (κ3) is 3.26. The monoisotopic (exact) mass is 281 g/mol. The van der Waals surface area contributed by atoms with Crippen molar-refractivity contribution in [2.45, 2.75) is 25.4 Å². The number of likely N-dealkylation sites (N-methyl/N-ethyl adjacent to an activating group) is 1. The van der Waals surface area contributed by atoms with E-state index >= 15 is 0 Å². The van der Waals surface area contributed by atoms with E-state index in [2.05, 4.69) is 5.43 Å². The number of carbonyl (C=O) groups excluding carboxylic acids is 1. The number of carbonyl (C=O) groups is 1. The Balaban J connectivity index is 2.08. The van der Waals surface area contributed by atoms with Crippen LogP contribution >= 0.6 is 0 Å². The minimum atomic E-state index is -0.541. The molecule has 1 amide bonds. The van der Waals surface area contributed by atoms with Crippen molar-refractivity contribution in [1.82, 2.24) is 4.90 Å². The van der Waals surface area contributed by atoms with Crippen LogP contribution in [0.5, 0.6) is 0 Å². The molecule has 2 rings (SSSR count). The van der Waals surface area contributed by atoms with Crippen molar-refractivity contribution in [3.8, 4) is 0 Å². The number of nitrogens with zero attached hydrogens (tertiary/aromatic N) is 1. The van der Waals surface area contributed by atoms with E-state index in [1.807, 2.05) is 0 Å². The summed E-state index contributed by atoms with van der Waals surface area (Å²) in [4.78, 5) is 13.9. The number of amides is 1. The van der Waals surface area contributed by atoms with Crippen LogP contribution in [0.2, 0.25) is 0 Å². The van der Waals surface area contributed by atoms with Gasteiger partial charge in [0.15, 0.2) is 0 Å². The average molecular weight is 281 g/mol. The molecule has 1 aliphatic rings. The highest BCUT2D eigenvalue weighted by Crippen LogP contribution is 2.21. The summed E-state index contributed by atoms with van der Waals surface area (Å²) >= 11 is 0. The van der Waals surface area contributed by atoms with E-state index in [-0.39, 0.29) is 23.3 Å². The SMILES string of the molecule is CN(CC1CCCCO1)C(=O)c1cccc(F)c1NN. The first-order chi connectivity index (χ1) is 9.63. The van der Waals surface area contributed by atoms with Gasteiger partial charge < -0.3 is 15.1 Å². The number of hydrazine groups is 1. The van der Waals surface area contributed by atoms with Crippen molar-refractivity contribution < 1.29 is 13.9 Å². The molecule has 1 atom stereocenters. The Bertz CT molecular complexity index is 475. The van der Waals surface area contributed by atoms with Crippen molar-refractivity contribution in [2.24, 2.45) is 5.84 Å². The zero-order chi connectivity index (χ0) is 14.5. The van der Waals surface area contributed by atoms with Gasteiger partial charge in [0, 0.05) is 20.2 Å². The highest BCUT2D eigenvalue weighted by molar-refractivity contribution is 5.99. The van der Waals surface area contributed by atoms with E-state index in [9.17, 15) is 9.18 Å². The highest BCUT2D eigenvalue weighted by Gasteiger charge is 2.22. The predicted octanol–water partition coefficient (Wildman–Crippen LogP) is 1.75. The maximum atomic E-state index is 13.6. The van der Waals surface area contributed by atoms with Crippen LogP contribution in [-0.4, -0.2) is 37.1 Å². The van der Waals surface area contributed by atoms with Gasteiger partial charge >= 0.3 is 0 Å². The van der Waals surface area contributed by atoms with Crippen LogP contribution in [0.4, 0.5) is 10.1 Å². The van der Waals surface area contributed by atoms with Crippen LogP contribution in [0.25, 0.3) is 0 Å². The summed E-state index contributed by atoms with van der Waals surface area (Å²) in [6.07, 6.45) is 3.19. The van der Waals surface area contributed by atoms with Crippen LogP contribution < -0.4 is 11.3 Å². The lowest BCUT2D eigenvalue weighted by Gasteiger charge is -2.27. The van der Waals surface area contributed by atoms with Gasteiger partial charge in [0.2, 0.25) is 0 Å². The predicted molar refractivity (Wildman–Crippen MR) is 74.8 cm³/mol. The third-order valence-electron chi connectivity index (χ3n) is 3.49. The second kappa shape index (κ2) is 6.67. The molecular formula is C14H20FN3O2. The summed E-state index contributed by atoms with van der Waals surface area (Å²) in [7, 11) is 1.69. The molecule has 1 heterocycles. The van der Waals surface area contributed by atoms with Gasteiger partial charge in [-0.3, -0.25) is 10.6 Å². The Morgan fingerprint density at radius 2 is 2.35 bits per heavy atom. The second-order valence-electron chi connectivity index (χ2n) is 4.98. The number of rotatable bonds is 4. The molecule has 0 spiro atoms. The summed E-state index contributed by atoms with van der Waals surface area (Å²) in [5.74, 6) is 4.48. The first-order valence-electron chi connectivity index (χ1n) is 6.75. The molecule has 1 aliphatic heterocycles. The number of nitrogens with one attached hydrogen (secondary N) is 1. The van der Waals surface area contributed by atoms with E-state index in [0.717, 1.165) is 25.9 Å². The number of hydrogen-bond acceptors (Lipinski definition) is 4.